The topological polar surface area (TPSA) is 88.6 Å². The van der Waals surface area contributed by atoms with Crippen LogP contribution >= 0.6 is 11.3 Å². The van der Waals surface area contributed by atoms with Gasteiger partial charge in [0.2, 0.25) is 11.8 Å². The van der Waals surface area contributed by atoms with Gasteiger partial charge in [-0.25, -0.2) is 9.78 Å². The number of carbonyl (C=O) groups is 3. The Bertz CT molecular complexity index is 862. The van der Waals surface area contributed by atoms with E-state index in [1.165, 1.54) is 18.4 Å². The number of rotatable bonds is 5. The summed E-state index contributed by atoms with van der Waals surface area (Å²) in [6.45, 7) is 2.52. The molecule has 7 nitrogen and oxygen atoms in total. The molecular weight excluding hydrogens is 354 g/mol. The smallest absolute Gasteiger partial charge is 0.337 e. The van der Waals surface area contributed by atoms with Gasteiger partial charge < -0.3 is 10.1 Å². The number of nitrogens with one attached hydrogen (secondary N) is 1. The molecule has 8 heteroatoms. The Labute approximate surface area is 155 Å². The number of aryl methyl sites for hydroxylation is 1. The van der Waals surface area contributed by atoms with Gasteiger partial charge in [-0.1, -0.05) is 6.07 Å². The molecule has 0 saturated carbocycles. The predicted octanol–water partition coefficient (Wildman–Crippen LogP) is 2.55. The van der Waals surface area contributed by atoms with Gasteiger partial charge in [0, 0.05) is 24.0 Å². The maximum absolute atomic E-state index is 12.3. The van der Waals surface area contributed by atoms with Crippen LogP contribution in [0.4, 0.5) is 10.8 Å². The lowest BCUT2D eigenvalue weighted by Gasteiger charge is -2.11. The Morgan fingerprint density at radius 3 is 2.88 bits per heavy atom. The number of hydrogen-bond acceptors (Lipinski definition) is 6. The molecule has 2 heterocycles. The minimum atomic E-state index is -0.458. The first kappa shape index (κ1) is 18.1. The van der Waals surface area contributed by atoms with Crippen LogP contribution in [0, 0.1) is 6.92 Å². The highest BCUT2D eigenvalue weighted by Crippen LogP contribution is 2.25. The molecule has 1 fully saturated rings. The molecule has 1 aromatic heterocycles. The molecule has 1 aliphatic rings. The fourth-order valence-electron chi connectivity index (χ4n) is 2.71. The molecule has 136 valence electrons. The molecule has 2 amide bonds. The molecule has 0 radical (unpaired) electrons. The van der Waals surface area contributed by atoms with Crippen molar-refractivity contribution < 1.29 is 19.1 Å². The summed E-state index contributed by atoms with van der Waals surface area (Å²) in [5.41, 5.74) is 2.39. The molecule has 1 N–H and O–H groups in total. The number of benzene rings is 1. The van der Waals surface area contributed by atoms with Gasteiger partial charge in [-0.2, -0.15) is 0 Å². The molecule has 1 aromatic carbocycles. The summed E-state index contributed by atoms with van der Waals surface area (Å²) in [7, 11) is 1.31. The quantitative estimate of drug-likeness (QED) is 0.814. The lowest BCUT2D eigenvalue weighted by atomic mass is 10.1. The number of amides is 2. The van der Waals surface area contributed by atoms with Crippen LogP contribution in [-0.4, -0.2) is 36.4 Å². The molecule has 0 bridgehead atoms. The Balaban J connectivity index is 1.67. The van der Waals surface area contributed by atoms with Crippen molar-refractivity contribution >= 4 is 39.9 Å². The molecule has 1 saturated heterocycles. The van der Waals surface area contributed by atoms with Crippen LogP contribution in [-0.2, 0) is 20.7 Å². The van der Waals surface area contributed by atoms with Crippen molar-refractivity contribution in [2.75, 3.05) is 23.9 Å². The van der Waals surface area contributed by atoms with Crippen LogP contribution in [0.3, 0.4) is 0 Å². The van der Waals surface area contributed by atoms with E-state index in [9.17, 15) is 14.4 Å². The minimum absolute atomic E-state index is 0.0746. The van der Waals surface area contributed by atoms with Crippen LogP contribution in [0.5, 0.6) is 0 Å². The van der Waals surface area contributed by atoms with Gasteiger partial charge in [0.1, 0.15) is 0 Å². The number of nitrogens with zero attached hydrogens (tertiary/aromatic N) is 2. The molecule has 0 spiro atoms. The lowest BCUT2D eigenvalue weighted by Crippen LogP contribution is -2.23. The Kier molecular flexibility index (Phi) is 5.32. The summed E-state index contributed by atoms with van der Waals surface area (Å²) < 4.78 is 4.70. The molecule has 3 rings (SSSR count). The Morgan fingerprint density at radius 2 is 2.19 bits per heavy atom. The van der Waals surface area contributed by atoms with E-state index in [0.717, 1.165) is 12.0 Å². The summed E-state index contributed by atoms with van der Waals surface area (Å²) in [5, 5.41) is 5.23. The zero-order chi connectivity index (χ0) is 18.7. The number of hydrogen-bond donors (Lipinski definition) is 1. The number of ether oxygens (including phenoxy) is 1. The highest BCUT2D eigenvalue weighted by atomic mass is 32.1. The second-order valence-corrected chi connectivity index (χ2v) is 6.85. The maximum atomic E-state index is 12.3. The Morgan fingerprint density at radius 1 is 1.38 bits per heavy atom. The van der Waals surface area contributed by atoms with Crippen molar-refractivity contribution in [3.8, 4) is 0 Å². The molecule has 0 unspecified atom stereocenters. The van der Waals surface area contributed by atoms with Gasteiger partial charge in [0.15, 0.2) is 5.13 Å². The monoisotopic (exact) mass is 373 g/mol. The van der Waals surface area contributed by atoms with Gasteiger partial charge in [0.05, 0.1) is 24.8 Å². The second kappa shape index (κ2) is 7.65. The van der Waals surface area contributed by atoms with Crippen molar-refractivity contribution in [3.63, 3.8) is 0 Å². The van der Waals surface area contributed by atoms with Gasteiger partial charge >= 0.3 is 5.97 Å². The van der Waals surface area contributed by atoms with E-state index in [-0.39, 0.29) is 18.2 Å². The highest BCUT2D eigenvalue weighted by molar-refractivity contribution is 7.14. The summed E-state index contributed by atoms with van der Waals surface area (Å²) in [4.78, 5) is 41.8. The van der Waals surface area contributed by atoms with Crippen LogP contribution in [0.1, 0.15) is 34.5 Å². The van der Waals surface area contributed by atoms with Crippen LogP contribution in [0.25, 0.3) is 0 Å². The van der Waals surface area contributed by atoms with Gasteiger partial charge in [-0.3, -0.25) is 14.5 Å². The van der Waals surface area contributed by atoms with Crippen molar-refractivity contribution in [1.29, 1.82) is 0 Å². The third-order valence-corrected chi connectivity index (χ3v) is 5.03. The number of aromatic nitrogens is 1. The van der Waals surface area contributed by atoms with Crippen molar-refractivity contribution in [2.24, 2.45) is 0 Å². The number of methoxy groups -OCH3 is 1. The molecule has 26 heavy (non-hydrogen) atoms. The number of anilines is 2. The van der Waals surface area contributed by atoms with Crippen LogP contribution in [0.15, 0.2) is 23.6 Å². The summed E-state index contributed by atoms with van der Waals surface area (Å²) >= 11 is 1.36. The fraction of sp³-hybridized carbons (Fsp3) is 0.333. The Hall–Kier alpha value is -2.74. The zero-order valence-electron chi connectivity index (χ0n) is 14.6. The van der Waals surface area contributed by atoms with E-state index in [0.29, 0.717) is 35.0 Å². The van der Waals surface area contributed by atoms with E-state index >= 15 is 0 Å². The summed E-state index contributed by atoms with van der Waals surface area (Å²) in [6, 6.07) is 4.99. The number of esters is 1. The first-order valence-corrected chi connectivity index (χ1v) is 9.09. The predicted molar refractivity (Wildman–Crippen MR) is 98.6 cm³/mol. The second-order valence-electron chi connectivity index (χ2n) is 6.02. The van der Waals surface area contributed by atoms with Crippen molar-refractivity contribution in [3.05, 3.63) is 40.4 Å². The van der Waals surface area contributed by atoms with Gasteiger partial charge in [0.25, 0.3) is 0 Å². The fourth-order valence-corrected chi connectivity index (χ4v) is 3.58. The number of carbonyl (C=O) groups excluding carboxylic acids is 3. The molecule has 0 aliphatic carbocycles. The molecule has 1 aliphatic heterocycles. The van der Waals surface area contributed by atoms with E-state index in [4.69, 9.17) is 4.74 Å². The molecule has 0 atom stereocenters. The first-order chi connectivity index (χ1) is 12.5. The third-order valence-electron chi connectivity index (χ3n) is 4.12. The normalized spacial score (nSPS) is 13.8. The van der Waals surface area contributed by atoms with E-state index < -0.39 is 5.97 Å². The molecule has 2 aromatic rings. The average molecular weight is 373 g/mol. The van der Waals surface area contributed by atoms with Gasteiger partial charge in [-0.15, -0.1) is 11.3 Å². The maximum Gasteiger partial charge on any atom is 0.337 e. The standard InChI is InChI=1S/C18H19N3O4S/c1-11-5-6-12(17(24)25-2)8-14(11)20-15(22)9-13-10-26-18(19-13)21-7-3-4-16(21)23/h5-6,8,10H,3-4,7,9H2,1-2H3,(H,20,22). The van der Waals surface area contributed by atoms with E-state index in [2.05, 4.69) is 10.3 Å². The van der Waals surface area contributed by atoms with Gasteiger partial charge in [-0.05, 0) is 31.0 Å². The van der Waals surface area contributed by atoms with Crippen LogP contribution in [0.2, 0.25) is 0 Å². The van der Waals surface area contributed by atoms with Crippen molar-refractivity contribution in [2.45, 2.75) is 26.2 Å². The first-order valence-electron chi connectivity index (χ1n) is 8.21. The summed E-state index contributed by atoms with van der Waals surface area (Å²) in [5.74, 6) is -0.620. The van der Waals surface area contributed by atoms with E-state index in [1.54, 1.807) is 28.5 Å². The zero-order valence-corrected chi connectivity index (χ0v) is 15.4. The minimum Gasteiger partial charge on any atom is -0.465 e. The lowest BCUT2D eigenvalue weighted by molar-refractivity contribution is -0.117. The van der Waals surface area contributed by atoms with Crippen LogP contribution < -0.4 is 10.2 Å². The average Bonchev–Trinajstić information content (AvgIpc) is 3.24. The number of thiazole rings is 1. The highest BCUT2D eigenvalue weighted by Gasteiger charge is 2.24. The SMILES string of the molecule is COC(=O)c1ccc(C)c(NC(=O)Cc2csc(N3CCCC3=O)n2)c1. The molecular formula is C18H19N3O4S. The third kappa shape index (κ3) is 3.91. The summed E-state index contributed by atoms with van der Waals surface area (Å²) in [6.07, 6.45) is 1.48. The van der Waals surface area contributed by atoms with E-state index in [1.807, 2.05) is 6.92 Å². The van der Waals surface area contributed by atoms with Crippen molar-refractivity contribution in [1.82, 2.24) is 4.98 Å². The largest absolute Gasteiger partial charge is 0.465 e.